The Morgan fingerprint density at radius 3 is 2.08 bits per heavy atom. The summed E-state index contributed by atoms with van der Waals surface area (Å²) in [6.07, 6.45) is 7.22. The quantitative estimate of drug-likeness (QED) is 0.577. The maximum absolute atomic E-state index is 13.4. The van der Waals surface area contributed by atoms with E-state index in [1.54, 1.807) is 0 Å². The van der Waals surface area contributed by atoms with Crippen molar-refractivity contribution in [1.29, 1.82) is 0 Å². The average Bonchev–Trinajstić information content (AvgIpc) is 3.78. The van der Waals surface area contributed by atoms with Crippen molar-refractivity contribution in [2.24, 2.45) is 17.6 Å². The maximum atomic E-state index is 13.4. The number of rotatable bonds is 6. The van der Waals surface area contributed by atoms with Crippen molar-refractivity contribution in [3.63, 3.8) is 0 Å². The minimum absolute atomic E-state index is 0.0238. The van der Waals surface area contributed by atoms with Crippen molar-refractivity contribution in [2.45, 2.75) is 75.5 Å². The van der Waals surface area contributed by atoms with Crippen LogP contribution in [-0.4, -0.2) is 50.4 Å². The number of sulfone groups is 1. The Labute approximate surface area is 218 Å². The highest BCUT2D eigenvalue weighted by Crippen LogP contribution is 2.58. The molecule has 8 heteroatoms. The molecule has 1 atom stereocenters. The summed E-state index contributed by atoms with van der Waals surface area (Å²) in [4.78, 5) is 30.5. The molecule has 7 rings (SSSR count). The van der Waals surface area contributed by atoms with Crippen LogP contribution in [0.1, 0.15) is 69.8 Å². The van der Waals surface area contributed by atoms with Gasteiger partial charge in [-0.05, 0) is 87.1 Å². The van der Waals surface area contributed by atoms with E-state index in [0.29, 0.717) is 6.54 Å². The molecule has 0 radical (unpaired) electrons. The number of carbonyl (C=O) groups is 2. The number of benzene rings is 1. The second kappa shape index (κ2) is 8.27. The zero-order valence-electron chi connectivity index (χ0n) is 21.4. The van der Waals surface area contributed by atoms with E-state index in [0.717, 1.165) is 79.5 Å². The normalized spacial score (nSPS) is 28.8. The molecular weight excluding hydrogens is 486 g/mol. The Hall–Kier alpha value is -2.45. The monoisotopic (exact) mass is 521 g/mol. The second-order valence-electron chi connectivity index (χ2n) is 11.9. The van der Waals surface area contributed by atoms with Crippen LogP contribution >= 0.6 is 0 Å². The Morgan fingerprint density at radius 1 is 0.892 bits per heavy atom. The van der Waals surface area contributed by atoms with Crippen molar-refractivity contribution < 1.29 is 18.0 Å². The first-order valence-electron chi connectivity index (χ1n) is 13.9. The highest BCUT2D eigenvalue weighted by Gasteiger charge is 2.49. The molecule has 1 heterocycles. The van der Waals surface area contributed by atoms with Crippen LogP contribution in [0.3, 0.4) is 0 Å². The van der Waals surface area contributed by atoms with Crippen molar-refractivity contribution >= 4 is 33.0 Å². The lowest BCUT2D eigenvalue weighted by Gasteiger charge is -2.42. The van der Waals surface area contributed by atoms with E-state index >= 15 is 0 Å². The molecule has 1 aromatic rings. The van der Waals surface area contributed by atoms with E-state index in [1.807, 2.05) is 22.8 Å². The van der Waals surface area contributed by atoms with E-state index in [1.165, 1.54) is 11.1 Å². The first kappa shape index (κ1) is 23.7. The third kappa shape index (κ3) is 3.58. The van der Waals surface area contributed by atoms with Gasteiger partial charge in [0.05, 0.1) is 23.2 Å². The minimum Gasteiger partial charge on any atom is -0.329 e. The van der Waals surface area contributed by atoms with Crippen molar-refractivity contribution in [3.8, 4) is 0 Å². The largest absolute Gasteiger partial charge is 0.329 e. The molecule has 2 amide bonds. The van der Waals surface area contributed by atoms with Gasteiger partial charge in [0.25, 0.3) is 0 Å². The van der Waals surface area contributed by atoms with Crippen LogP contribution in [0.5, 0.6) is 0 Å². The molecule has 2 N–H and O–H groups in total. The summed E-state index contributed by atoms with van der Waals surface area (Å²) in [5, 5.41) is -0.474. The lowest BCUT2D eigenvalue weighted by Crippen LogP contribution is -2.52. The predicted molar refractivity (Wildman–Crippen MR) is 143 cm³/mol. The maximum Gasteiger partial charge on any atom is 0.230 e. The molecule has 0 saturated heterocycles. The van der Waals surface area contributed by atoms with Crippen LogP contribution in [0.4, 0.5) is 11.4 Å². The number of fused-ring (bicyclic) bond motifs is 5. The Bertz CT molecular complexity index is 1360. The summed E-state index contributed by atoms with van der Waals surface area (Å²) >= 11 is 0. The zero-order chi connectivity index (χ0) is 25.6. The van der Waals surface area contributed by atoms with Crippen molar-refractivity contribution in [1.82, 2.24) is 0 Å². The average molecular weight is 522 g/mol. The van der Waals surface area contributed by atoms with Crippen LogP contribution in [0.25, 0.3) is 0 Å². The van der Waals surface area contributed by atoms with E-state index in [4.69, 9.17) is 5.73 Å². The smallest absolute Gasteiger partial charge is 0.230 e. The third-order valence-corrected chi connectivity index (χ3v) is 11.5. The third-order valence-electron chi connectivity index (χ3n) is 9.37. The summed E-state index contributed by atoms with van der Waals surface area (Å²) < 4.78 is 26.3. The first-order chi connectivity index (χ1) is 17.8. The van der Waals surface area contributed by atoms with Gasteiger partial charge in [-0.1, -0.05) is 17.2 Å². The molecule has 5 aliphatic carbocycles. The van der Waals surface area contributed by atoms with Crippen LogP contribution in [0.2, 0.25) is 0 Å². The molecule has 196 valence electrons. The fourth-order valence-electron chi connectivity index (χ4n) is 7.42. The molecule has 1 aliphatic heterocycles. The van der Waals surface area contributed by atoms with Gasteiger partial charge in [0.15, 0.2) is 9.84 Å². The molecule has 4 saturated carbocycles. The number of anilines is 2. The lowest BCUT2D eigenvalue weighted by molar-refractivity contribution is -0.122. The predicted octanol–water partition coefficient (Wildman–Crippen LogP) is 3.59. The van der Waals surface area contributed by atoms with Crippen LogP contribution in [0, 0.1) is 11.8 Å². The molecule has 1 aromatic carbocycles. The van der Waals surface area contributed by atoms with E-state index in [-0.39, 0.29) is 47.9 Å². The Kier molecular flexibility index (Phi) is 5.29. The van der Waals surface area contributed by atoms with Gasteiger partial charge in [-0.2, -0.15) is 0 Å². The van der Waals surface area contributed by atoms with Gasteiger partial charge in [0.1, 0.15) is 5.25 Å². The van der Waals surface area contributed by atoms with Crippen molar-refractivity contribution in [3.05, 3.63) is 46.1 Å². The number of hydrogen-bond acceptors (Lipinski definition) is 5. The number of nitrogens with zero attached hydrogens (tertiary/aromatic N) is 2. The molecule has 0 aromatic heterocycles. The van der Waals surface area contributed by atoms with Gasteiger partial charge in [-0.25, -0.2) is 8.42 Å². The molecule has 0 spiro atoms. The summed E-state index contributed by atoms with van der Waals surface area (Å²) in [6, 6.07) is 6.25. The second-order valence-corrected chi connectivity index (χ2v) is 14.1. The number of allylic oxidation sites excluding steroid dienone is 2. The van der Waals surface area contributed by atoms with E-state index in [2.05, 4.69) is 12.1 Å². The molecule has 1 unspecified atom stereocenters. The Balaban J connectivity index is 1.32. The van der Waals surface area contributed by atoms with Gasteiger partial charge in [0.2, 0.25) is 11.8 Å². The van der Waals surface area contributed by atoms with Gasteiger partial charge in [0, 0.05) is 30.8 Å². The van der Waals surface area contributed by atoms with E-state index < -0.39 is 15.1 Å². The molecule has 6 aliphatic rings. The van der Waals surface area contributed by atoms with Gasteiger partial charge in [-0.15, -0.1) is 0 Å². The van der Waals surface area contributed by atoms with Gasteiger partial charge in [-0.3, -0.25) is 9.59 Å². The molecular formula is C29H35N3O4S. The first-order valence-corrected chi connectivity index (χ1v) is 15.7. The number of nitrogens with two attached hydrogens (primary N) is 1. The topological polar surface area (TPSA) is 101 Å². The SMILES string of the molecule is CC1CN(C(=O)C2CC2)c2cc(C3C4=C5CCC(=C3CC4)C5S(=O)(=O)CCN)ccc2N1C(=O)C1CC1. The van der Waals surface area contributed by atoms with Crippen LogP contribution in [0.15, 0.2) is 40.5 Å². The standard InChI is InChI=1S/C29H35N3O4S/c1-16-15-31(28(33)17-2-3-17)25-14-19(6-11-24(25)32(16)29(34)18-4-5-18)26-20-7-8-21(26)23-10-9-22(20)27(23)37(35,36)13-12-30/h6,11,14,16-18,26-27H,2-5,7-10,12-13,15,30H2,1H3. The molecule has 37 heavy (non-hydrogen) atoms. The lowest BCUT2D eigenvalue weighted by atomic mass is 9.82. The molecule has 7 nitrogen and oxygen atoms in total. The Morgan fingerprint density at radius 2 is 1.49 bits per heavy atom. The molecule has 4 bridgehead atoms. The van der Waals surface area contributed by atoms with Gasteiger partial charge >= 0.3 is 0 Å². The summed E-state index contributed by atoms with van der Waals surface area (Å²) in [5.41, 5.74) is 13.2. The van der Waals surface area contributed by atoms with Crippen LogP contribution < -0.4 is 15.5 Å². The summed E-state index contributed by atoms with van der Waals surface area (Å²) in [6.45, 7) is 2.72. The highest BCUT2D eigenvalue weighted by molar-refractivity contribution is 7.92. The minimum atomic E-state index is -3.30. The zero-order valence-corrected chi connectivity index (χ0v) is 22.2. The number of carbonyl (C=O) groups excluding carboxylic acids is 2. The van der Waals surface area contributed by atoms with Gasteiger partial charge < -0.3 is 15.5 Å². The fourth-order valence-corrected chi connectivity index (χ4v) is 9.39. The molecule has 4 fully saturated rings. The van der Waals surface area contributed by atoms with E-state index in [9.17, 15) is 18.0 Å². The number of amides is 2. The number of hydrogen-bond donors (Lipinski definition) is 1. The highest BCUT2D eigenvalue weighted by atomic mass is 32.2. The summed E-state index contributed by atoms with van der Waals surface area (Å²) in [7, 11) is -3.30. The van der Waals surface area contributed by atoms with Crippen LogP contribution in [-0.2, 0) is 19.4 Å². The van der Waals surface area contributed by atoms with Crippen molar-refractivity contribution in [2.75, 3.05) is 28.6 Å². The summed E-state index contributed by atoms with van der Waals surface area (Å²) in [5.74, 6) is 0.671. The fraction of sp³-hybridized carbons (Fsp3) is 0.586.